The number of ketones is 2. The van der Waals surface area contributed by atoms with E-state index in [1.54, 1.807) is 19.1 Å². The number of aromatic nitrogens is 2. The van der Waals surface area contributed by atoms with Crippen molar-refractivity contribution in [1.82, 2.24) is 9.97 Å². The molecule has 0 radical (unpaired) electrons. The molecule has 0 aliphatic rings. The van der Waals surface area contributed by atoms with E-state index in [1.165, 1.54) is 23.9 Å². The van der Waals surface area contributed by atoms with Gasteiger partial charge in [-0.2, -0.15) is 26.3 Å². The predicted molar refractivity (Wildman–Crippen MR) is 137 cm³/mol. The van der Waals surface area contributed by atoms with Crippen molar-refractivity contribution in [2.24, 2.45) is 0 Å². The van der Waals surface area contributed by atoms with Crippen LogP contribution in [0.3, 0.4) is 0 Å². The van der Waals surface area contributed by atoms with Gasteiger partial charge in [-0.25, -0.2) is 18.4 Å². The van der Waals surface area contributed by atoms with E-state index in [1.807, 2.05) is 31.2 Å². The summed E-state index contributed by atoms with van der Waals surface area (Å²) < 4.78 is 97.8. The van der Waals surface area contributed by atoms with Crippen LogP contribution in [0.1, 0.15) is 30.5 Å². The summed E-state index contributed by atoms with van der Waals surface area (Å²) in [6.07, 6.45) is -8.31. The Morgan fingerprint density at radius 2 is 1.18 bits per heavy atom. The maximum atomic E-state index is 12.3. The molecule has 0 saturated carbocycles. The van der Waals surface area contributed by atoms with Crippen molar-refractivity contribution in [3.8, 4) is 0 Å². The number of hydrogen-bond acceptors (Lipinski definition) is 9. The van der Waals surface area contributed by atoms with E-state index in [9.17, 15) is 44.3 Å². The predicted octanol–water partition coefficient (Wildman–Crippen LogP) is 7.38. The summed E-state index contributed by atoms with van der Waals surface area (Å²) >= 11 is 2.19. The minimum Gasteiger partial charge on any atom is -0.283 e. The molecular weight excluding hydrogens is 623 g/mol. The first-order valence-corrected chi connectivity index (χ1v) is 14.6. The Morgan fingerprint density at radius 3 is 1.68 bits per heavy atom. The van der Waals surface area contributed by atoms with Gasteiger partial charge in [0.05, 0.1) is 17.3 Å². The third-order valence-corrected chi connectivity index (χ3v) is 9.95. The maximum Gasteiger partial charge on any atom is 0.455 e. The number of aryl methyl sites for hydroxylation is 2. The monoisotopic (exact) mass is 638 g/mol. The first-order chi connectivity index (χ1) is 18.5. The highest BCUT2D eigenvalue weighted by Gasteiger charge is 2.41. The molecule has 2 aromatic carbocycles. The average molecular weight is 639 g/mol. The lowest BCUT2D eigenvalue weighted by Gasteiger charge is -2.02. The summed E-state index contributed by atoms with van der Waals surface area (Å²) in [5.41, 5.74) is 1.93. The number of sulfone groups is 1. The van der Waals surface area contributed by atoms with Gasteiger partial charge in [0.1, 0.15) is 9.75 Å². The molecule has 4 aromatic rings. The van der Waals surface area contributed by atoms with Crippen LogP contribution in [-0.4, -0.2) is 42.3 Å². The molecule has 0 unspecified atom stereocenters. The van der Waals surface area contributed by atoms with Crippen molar-refractivity contribution >= 4 is 55.8 Å². The second-order valence-corrected chi connectivity index (χ2v) is 13.4. The highest BCUT2D eigenvalue weighted by atomic mass is 32.2. The zero-order valence-electron chi connectivity index (χ0n) is 20.2. The SMILES string of the molecule is Cc1ccc(S(=O)(=O)c2ncc(C(=O)C(F)(F)F)s2)cc1.Cc1ccc(Sc2ncc(C(=O)C(F)(F)F)s2)cc1. The second-order valence-electron chi connectivity index (χ2n) is 7.87. The summed E-state index contributed by atoms with van der Waals surface area (Å²) in [4.78, 5) is 28.9. The molecule has 2 aromatic heterocycles. The Balaban J connectivity index is 0.000000222. The van der Waals surface area contributed by atoms with Gasteiger partial charge in [0.25, 0.3) is 11.6 Å². The van der Waals surface area contributed by atoms with Gasteiger partial charge in [-0.3, -0.25) is 9.59 Å². The molecular formula is C24H16F6N2O4S4. The Morgan fingerprint density at radius 1 is 0.725 bits per heavy atom. The minimum absolute atomic E-state index is 0.0894. The van der Waals surface area contributed by atoms with Crippen LogP contribution in [-0.2, 0) is 9.84 Å². The number of alkyl halides is 6. The average Bonchev–Trinajstić information content (AvgIpc) is 3.55. The fourth-order valence-corrected chi connectivity index (χ4v) is 7.11. The molecule has 40 heavy (non-hydrogen) atoms. The fourth-order valence-electron chi connectivity index (χ4n) is 2.70. The largest absolute Gasteiger partial charge is 0.455 e. The number of Topliss-reactive ketones (excluding diaryl/α,β-unsaturated/α-hetero) is 2. The van der Waals surface area contributed by atoms with Gasteiger partial charge in [0, 0.05) is 4.90 Å². The second kappa shape index (κ2) is 12.2. The zero-order valence-corrected chi connectivity index (χ0v) is 23.5. The van der Waals surface area contributed by atoms with Crippen LogP contribution in [0.5, 0.6) is 0 Å². The normalized spacial score (nSPS) is 12.0. The van der Waals surface area contributed by atoms with E-state index in [2.05, 4.69) is 9.97 Å². The van der Waals surface area contributed by atoms with Crippen molar-refractivity contribution < 1.29 is 44.3 Å². The number of rotatable bonds is 6. The Kier molecular flexibility index (Phi) is 9.59. The number of nitrogens with zero attached hydrogens (tertiary/aromatic N) is 2. The van der Waals surface area contributed by atoms with Gasteiger partial charge in [0.2, 0.25) is 14.2 Å². The molecule has 0 N–H and O–H groups in total. The van der Waals surface area contributed by atoms with E-state index in [0.29, 0.717) is 10.5 Å². The van der Waals surface area contributed by atoms with Crippen LogP contribution in [0.4, 0.5) is 26.3 Å². The zero-order chi connectivity index (χ0) is 29.9. The number of carbonyl (C=O) groups is 2. The number of carbonyl (C=O) groups excluding carboxylic acids is 2. The third-order valence-electron chi connectivity index (χ3n) is 4.72. The fraction of sp³-hybridized carbons (Fsp3) is 0.167. The van der Waals surface area contributed by atoms with E-state index >= 15 is 0 Å². The van der Waals surface area contributed by atoms with Crippen LogP contribution >= 0.6 is 34.4 Å². The van der Waals surface area contributed by atoms with E-state index in [0.717, 1.165) is 33.6 Å². The molecule has 0 saturated heterocycles. The van der Waals surface area contributed by atoms with E-state index in [4.69, 9.17) is 0 Å². The summed E-state index contributed by atoms with van der Waals surface area (Å²) in [6.45, 7) is 3.71. The van der Waals surface area contributed by atoms with E-state index < -0.39 is 43.0 Å². The quantitative estimate of drug-likeness (QED) is 0.161. The highest BCUT2D eigenvalue weighted by Crippen LogP contribution is 2.34. The van der Waals surface area contributed by atoms with Crippen LogP contribution < -0.4 is 0 Å². The van der Waals surface area contributed by atoms with Crippen LogP contribution in [0.15, 0.2) is 79.4 Å². The summed E-state index contributed by atoms with van der Waals surface area (Å²) in [5.74, 6) is -3.95. The molecule has 2 heterocycles. The maximum absolute atomic E-state index is 12.3. The van der Waals surface area contributed by atoms with Gasteiger partial charge in [-0.15, -0.1) is 11.3 Å². The molecule has 16 heteroatoms. The van der Waals surface area contributed by atoms with Gasteiger partial charge in [0.15, 0.2) is 4.34 Å². The summed E-state index contributed by atoms with van der Waals surface area (Å²) in [6, 6.07) is 13.3. The molecule has 0 atom stereocenters. The molecule has 0 fully saturated rings. The molecule has 0 aliphatic heterocycles. The minimum atomic E-state index is -5.06. The molecule has 0 amide bonds. The molecule has 0 spiro atoms. The third kappa shape index (κ3) is 7.99. The van der Waals surface area contributed by atoms with Gasteiger partial charge in [-0.1, -0.05) is 58.5 Å². The van der Waals surface area contributed by atoms with Crippen molar-refractivity contribution in [3.63, 3.8) is 0 Å². The number of thiazole rings is 2. The summed E-state index contributed by atoms with van der Waals surface area (Å²) in [5, 5.41) is 0. The smallest absolute Gasteiger partial charge is 0.283 e. The Bertz CT molecular complexity index is 1610. The standard InChI is InChI=1S/C12H8F3NO3S2.C12H8F3NOS2/c1-7-2-4-8(5-3-7)21(18,19)11-16-6-9(20-11)10(17)12(13,14)15;1-7-2-4-8(5-3-7)18-11-16-6-9(19-11)10(17)12(13,14)15/h2-6H,1H3;2-6H,1H3. The number of hydrogen-bond donors (Lipinski definition) is 0. The van der Waals surface area contributed by atoms with Crippen LogP contribution in [0.25, 0.3) is 0 Å². The molecule has 0 bridgehead atoms. The van der Waals surface area contributed by atoms with Crippen molar-refractivity contribution in [2.75, 3.05) is 0 Å². The topological polar surface area (TPSA) is 94.1 Å². The van der Waals surface area contributed by atoms with Gasteiger partial charge >= 0.3 is 12.4 Å². The van der Waals surface area contributed by atoms with Crippen molar-refractivity contribution in [1.29, 1.82) is 0 Å². The van der Waals surface area contributed by atoms with Gasteiger partial charge < -0.3 is 0 Å². The van der Waals surface area contributed by atoms with Crippen LogP contribution in [0.2, 0.25) is 0 Å². The van der Waals surface area contributed by atoms with E-state index in [-0.39, 0.29) is 21.1 Å². The molecule has 212 valence electrons. The Labute approximate surface area is 236 Å². The Hall–Kier alpha value is -3.08. The van der Waals surface area contributed by atoms with Gasteiger partial charge in [-0.05, 0) is 38.1 Å². The first-order valence-electron chi connectivity index (χ1n) is 10.7. The van der Waals surface area contributed by atoms with Crippen molar-refractivity contribution in [2.45, 2.75) is 44.7 Å². The highest BCUT2D eigenvalue weighted by molar-refractivity contribution is 8.01. The molecule has 6 nitrogen and oxygen atoms in total. The lowest BCUT2D eigenvalue weighted by Crippen LogP contribution is -2.21. The van der Waals surface area contributed by atoms with Crippen LogP contribution in [0, 0.1) is 13.8 Å². The molecule has 0 aliphatic carbocycles. The number of benzene rings is 2. The molecule has 4 rings (SSSR count). The van der Waals surface area contributed by atoms with Crippen molar-refractivity contribution in [3.05, 3.63) is 81.8 Å². The summed E-state index contributed by atoms with van der Waals surface area (Å²) in [7, 11) is -4.03. The first kappa shape index (κ1) is 31.4. The lowest BCUT2D eigenvalue weighted by molar-refractivity contribution is -0.0885. The lowest BCUT2D eigenvalue weighted by atomic mass is 10.2. The number of halogens is 6.